The average molecular weight is 341 g/mol. The molecule has 2 atom stereocenters. The van der Waals surface area contributed by atoms with Crippen molar-refractivity contribution in [3.05, 3.63) is 30.1 Å². The van der Waals surface area contributed by atoms with Crippen molar-refractivity contribution in [2.75, 3.05) is 13.1 Å². The van der Waals surface area contributed by atoms with Crippen molar-refractivity contribution in [1.29, 1.82) is 0 Å². The molecule has 2 aliphatic heterocycles. The molecule has 1 aromatic rings. The number of aromatic nitrogens is 1. The van der Waals surface area contributed by atoms with Crippen molar-refractivity contribution in [1.82, 2.24) is 14.8 Å². The Bertz CT molecular complexity index is 621. The highest BCUT2D eigenvalue weighted by atomic mass is 19.4. The van der Waals surface area contributed by atoms with E-state index in [2.05, 4.69) is 4.98 Å². The molecule has 2 aliphatic rings. The molecule has 2 unspecified atom stereocenters. The maximum absolute atomic E-state index is 12.8. The van der Waals surface area contributed by atoms with Crippen LogP contribution in [0.3, 0.4) is 0 Å². The van der Waals surface area contributed by atoms with Gasteiger partial charge in [-0.15, -0.1) is 0 Å². The van der Waals surface area contributed by atoms with E-state index in [1.165, 1.54) is 0 Å². The van der Waals surface area contributed by atoms with Gasteiger partial charge in [0.25, 0.3) is 0 Å². The molecule has 8 heteroatoms. The summed E-state index contributed by atoms with van der Waals surface area (Å²) in [5.74, 6) is -2.31. The predicted octanol–water partition coefficient (Wildman–Crippen LogP) is 2.30. The number of alkyl halides is 3. The number of hydrogen-bond acceptors (Lipinski definition) is 3. The molecule has 0 saturated carbocycles. The number of nitrogens with zero attached hydrogens (tertiary/aromatic N) is 3. The number of likely N-dealkylation sites (tertiary alicyclic amines) is 2. The highest BCUT2D eigenvalue weighted by Crippen LogP contribution is 2.34. The van der Waals surface area contributed by atoms with Crippen LogP contribution < -0.4 is 0 Å². The summed E-state index contributed by atoms with van der Waals surface area (Å²) in [6.07, 6.45) is 0.564. The summed E-state index contributed by atoms with van der Waals surface area (Å²) in [5.41, 5.74) is 0.870. The highest BCUT2D eigenvalue weighted by molar-refractivity contribution is 5.90. The first kappa shape index (κ1) is 16.7. The van der Waals surface area contributed by atoms with E-state index in [0.29, 0.717) is 17.9 Å². The first-order valence-electron chi connectivity index (χ1n) is 7.98. The Kier molecular flexibility index (Phi) is 4.47. The van der Waals surface area contributed by atoms with Crippen LogP contribution in [0.25, 0.3) is 0 Å². The Morgan fingerprint density at radius 2 is 1.83 bits per heavy atom. The number of pyridine rings is 1. The summed E-state index contributed by atoms with van der Waals surface area (Å²) in [4.78, 5) is 30.7. The molecule has 1 aromatic heterocycles. The Morgan fingerprint density at radius 1 is 1.12 bits per heavy atom. The van der Waals surface area contributed by atoms with Crippen LogP contribution in [0.1, 0.15) is 37.3 Å². The van der Waals surface area contributed by atoms with Crippen LogP contribution in [0.4, 0.5) is 13.2 Å². The number of halogens is 3. The number of carbonyl (C=O) groups excluding carboxylic acids is 2. The SMILES string of the molecule is O=C(C1CCCN1C(=O)C(F)(F)F)N1CCCC1c1cccnc1. The third-order valence-corrected chi connectivity index (χ3v) is 4.65. The number of rotatable bonds is 2. The zero-order valence-electron chi connectivity index (χ0n) is 13.0. The van der Waals surface area contributed by atoms with Gasteiger partial charge in [0, 0.05) is 25.5 Å². The van der Waals surface area contributed by atoms with Gasteiger partial charge in [0.1, 0.15) is 6.04 Å². The molecule has 2 saturated heterocycles. The van der Waals surface area contributed by atoms with Gasteiger partial charge in [-0.1, -0.05) is 6.07 Å². The maximum Gasteiger partial charge on any atom is 0.471 e. The summed E-state index contributed by atoms with van der Waals surface area (Å²) >= 11 is 0. The molecule has 3 heterocycles. The minimum absolute atomic E-state index is 0.0276. The van der Waals surface area contributed by atoms with E-state index in [1.807, 2.05) is 6.07 Å². The van der Waals surface area contributed by atoms with E-state index in [-0.39, 0.29) is 19.0 Å². The summed E-state index contributed by atoms with van der Waals surface area (Å²) in [6.45, 7) is 0.461. The lowest BCUT2D eigenvalue weighted by molar-refractivity contribution is -0.187. The van der Waals surface area contributed by atoms with E-state index in [4.69, 9.17) is 0 Å². The van der Waals surface area contributed by atoms with Gasteiger partial charge >= 0.3 is 12.1 Å². The minimum atomic E-state index is -4.95. The second kappa shape index (κ2) is 6.41. The fourth-order valence-corrected chi connectivity index (χ4v) is 3.57. The Labute approximate surface area is 137 Å². The van der Waals surface area contributed by atoms with E-state index >= 15 is 0 Å². The fourth-order valence-electron chi connectivity index (χ4n) is 3.57. The van der Waals surface area contributed by atoms with Crippen molar-refractivity contribution in [2.24, 2.45) is 0 Å². The second-order valence-corrected chi connectivity index (χ2v) is 6.13. The van der Waals surface area contributed by atoms with Crippen LogP contribution in [0.5, 0.6) is 0 Å². The second-order valence-electron chi connectivity index (χ2n) is 6.13. The molecule has 0 N–H and O–H groups in total. The normalized spacial score (nSPS) is 24.5. The summed E-state index contributed by atoms with van der Waals surface area (Å²) < 4.78 is 38.2. The number of hydrogen-bond donors (Lipinski definition) is 0. The van der Waals surface area contributed by atoms with Crippen LogP contribution in [0.2, 0.25) is 0 Å². The third kappa shape index (κ3) is 3.09. The first-order valence-corrected chi connectivity index (χ1v) is 7.98. The standard InChI is InChI=1S/C16H18F3N3O2/c17-16(18,19)15(24)22-9-3-6-13(22)14(23)21-8-2-5-12(21)11-4-1-7-20-10-11/h1,4,7,10,12-13H,2-3,5-6,8-9H2. The van der Waals surface area contributed by atoms with E-state index in [9.17, 15) is 22.8 Å². The van der Waals surface area contributed by atoms with Gasteiger partial charge in [-0.05, 0) is 37.3 Å². The van der Waals surface area contributed by atoms with E-state index < -0.39 is 24.0 Å². The van der Waals surface area contributed by atoms with Gasteiger partial charge in [-0.3, -0.25) is 14.6 Å². The topological polar surface area (TPSA) is 53.5 Å². The molecule has 130 valence electrons. The number of amides is 2. The monoisotopic (exact) mass is 341 g/mol. The molecule has 0 bridgehead atoms. The van der Waals surface area contributed by atoms with Crippen LogP contribution in [0.15, 0.2) is 24.5 Å². The molecule has 3 rings (SSSR count). The predicted molar refractivity (Wildman–Crippen MR) is 78.7 cm³/mol. The average Bonchev–Trinajstić information content (AvgIpc) is 3.22. The van der Waals surface area contributed by atoms with Crippen LogP contribution in [-0.4, -0.2) is 51.9 Å². The van der Waals surface area contributed by atoms with Crippen molar-refractivity contribution < 1.29 is 22.8 Å². The molecular formula is C16H18F3N3O2. The third-order valence-electron chi connectivity index (χ3n) is 4.65. The van der Waals surface area contributed by atoms with E-state index in [1.54, 1.807) is 23.4 Å². The fraction of sp³-hybridized carbons (Fsp3) is 0.562. The summed E-state index contributed by atoms with van der Waals surface area (Å²) in [5, 5.41) is 0. The molecule has 0 aliphatic carbocycles. The Morgan fingerprint density at radius 3 is 2.50 bits per heavy atom. The lowest BCUT2D eigenvalue weighted by Crippen LogP contribution is -2.51. The smallest absolute Gasteiger partial charge is 0.334 e. The van der Waals surface area contributed by atoms with Crippen LogP contribution in [0, 0.1) is 0 Å². The Balaban J connectivity index is 1.79. The van der Waals surface area contributed by atoms with Crippen molar-refractivity contribution >= 4 is 11.8 Å². The molecule has 0 radical (unpaired) electrons. The minimum Gasteiger partial charge on any atom is -0.334 e. The zero-order chi connectivity index (χ0) is 17.3. The molecule has 2 fully saturated rings. The quantitative estimate of drug-likeness (QED) is 0.829. The van der Waals surface area contributed by atoms with Gasteiger partial charge in [-0.25, -0.2) is 0 Å². The summed E-state index contributed by atoms with van der Waals surface area (Å²) in [7, 11) is 0. The molecule has 5 nitrogen and oxygen atoms in total. The van der Waals surface area contributed by atoms with Gasteiger partial charge in [0.15, 0.2) is 0 Å². The van der Waals surface area contributed by atoms with Gasteiger partial charge < -0.3 is 9.80 Å². The van der Waals surface area contributed by atoms with Gasteiger partial charge in [-0.2, -0.15) is 13.2 Å². The van der Waals surface area contributed by atoms with Crippen LogP contribution in [-0.2, 0) is 9.59 Å². The van der Waals surface area contributed by atoms with Crippen molar-refractivity contribution in [2.45, 2.75) is 43.9 Å². The largest absolute Gasteiger partial charge is 0.471 e. The molecular weight excluding hydrogens is 323 g/mol. The summed E-state index contributed by atoms with van der Waals surface area (Å²) in [6, 6.07) is 2.42. The highest BCUT2D eigenvalue weighted by Gasteiger charge is 2.49. The molecule has 2 amide bonds. The first-order chi connectivity index (χ1) is 11.4. The van der Waals surface area contributed by atoms with Gasteiger partial charge in [0.2, 0.25) is 5.91 Å². The lowest BCUT2D eigenvalue weighted by Gasteiger charge is -2.31. The molecule has 0 aromatic carbocycles. The lowest BCUT2D eigenvalue weighted by atomic mass is 10.1. The Hall–Kier alpha value is -2.12. The molecule has 24 heavy (non-hydrogen) atoms. The van der Waals surface area contributed by atoms with Crippen molar-refractivity contribution in [3.8, 4) is 0 Å². The van der Waals surface area contributed by atoms with E-state index in [0.717, 1.165) is 18.4 Å². The van der Waals surface area contributed by atoms with Crippen molar-refractivity contribution in [3.63, 3.8) is 0 Å². The molecule has 0 spiro atoms. The van der Waals surface area contributed by atoms with Crippen LogP contribution >= 0.6 is 0 Å². The maximum atomic E-state index is 12.8. The zero-order valence-corrected chi connectivity index (χ0v) is 13.0. The number of carbonyl (C=O) groups is 2. The van der Waals surface area contributed by atoms with Gasteiger partial charge in [0.05, 0.1) is 6.04 Å².